The second-order valence-electron chi connectivity index (χ2n) is 7.84. The number of hydrogen-bond donors (Lipinski definition) is 2. The highest BCUT2D eigenvalue weighted by Gasteiger charge is 2.37. The molecule has 1 saturated heterocycles. The molecule has 1 saturated carbocycles. The fraction of sp³-hybridized carbons (Fsp3) is 0.500. The van der Waals surface area contributed by atoms with Crippen LogP contribution < -0.4 is 15.6 Å². The average Bonchev–Trinajstić information content (AvgIpc) is 3.44. The molecule has 2 fully saturated rings. The van der Waals surface area contributed by atoms with E-state index in [4.69, 9.17) is 0 Å². The Labute approximate surface area is 169 Å². The number of nitrogens with one attached hydrogen (secondary N) is 1. The number of aromatic carboxylic acids is 1. The first-order chi connectivity index (χ1) is 14.3. The summed E-state index contributed by atoms with van der Waals surface area (Å²) < 4.78 is 58.7. The number of benzene rings is 1. The van der Waals surface area contributed by atoms with Crippen LogP contribution in [0.2, 0.25) is 0 Å². The van der Waals surface area contributed by atoms with Gasteiger partial charge in [-0.05, 0) is 18.9 Å². The van der Waals surface area contributed by atoms with Crippen molar-refractivity contribution in [2.45, 2.75) is 31.6 Å². The largest absolute Gasteiger partial charge is 0.477 e. The molecule has 10 heteroatoms. The number of aromatic nitrogens is 1. The van der Waals surface area contributed by atoms with E-state index in [1.165, 1.54) is 4.90 Å². The summed E-state index contributed by atoms with van der Waals surface area (Å²) in [6.45, 7) is -1.10. The monoisotopic (exact) mass is 427 g/mol. The summed E-state index contributed by atoms with van der Waals surface area (Å²) in [6, 6.07) is 1.12. The third-order valence-electron chi connectivity index (χ3n) is 5.71. The molecular weight excluding hydrogens is 406 g/mol. The number of halogens is 4. The Bertz CT molecular complexity index is 1050. The molecule has 0 amide bonds. The third-order valence-corrected chi connectivity index (χ3v) is 5.71. The lowest BCUT2D eigenvalue weighted by molar-refractivity contribution is 0.0694. The molecule has 30 heavy (non-hydrogen) atoms. The minimum absolute atomic E-state index is 0.0841. The van der Waals surface area contributed by atoms with Gasteiger partial charge in [-0.2, -0.15) is 0 Å². The number of fused-ring (bicyclic) bond motifs is 1. The Balaban J connectivity index is 1.77. The van der Waals surface area contributed by atoms with Crippen molar-refractivity contribution < 1.29 is 27.5 Å². The van der Waals surface area contributed by atoms with Gasteiger partial charge in [0.25, 0.3) is 0 Å². The van der Waals surface area contributed by atoms with E-state index in [0.29, 0.717) is 12.6 Å². The number of aryl methyl sites for hydroxylation is 1. The first-order valence-electron chi connectivity index (χ1n) is 9.78. The summed E-state index contributed by atoms with van der Waals surface area (Å²) in [5, 5.41) is 11.9. The van der Waals surface area contributed by atoms with Crippen molar-refractivity contribution >= 4 is 22.6 Å². The van der Waals surface area contributed by atoms with Crippen LogP contribution in [0.1, 0.15) is 23.2 Å². The molecule has 6 nitrogen and oxygen atoms in total. The van der Waals surface area contributed by atoms with Crippen LogP contribution in [0.15, 0.2) is 17.1 Å². The molecule has 1 aromatic heterocycles. The molecule has 2 aliphatic rings. The fourth-order valence-corrected chi connectivity index (χ4v) is 4.00. The number of pyridine rings is 1. The maximum absolute atomic E-state index is 15.4. The van der Waals surface area contributed by atoms with Crippen LogP contribution in [0.4, 0.5) is 23.2 Å². The first-order valence-corrected chi connectivity index (χ1v) is 9.78. The molecule has 2 N–H and O–H groups in total. The quantitative estimate of drug-likeness (QED) is 0.665. The van der Waals surface area contributed by atoms with Crippen LogP contribution in [0.5, 0.6) is 0 Å². The van der Waals surface area contributed by atoms with Crippen molar-refractivity contribution in [1.29, 1.82) is 0 Å². The van der Waals surface area contributed by atoms with Crippen molar-refractivity contribution in [3.8, 4) is 0 Å². The van der Waals surface area contributed by atoms with Crippen LogP contribution in [0.3, 0.4) is 0 Å². The second-order valence-corrected chi connectivity index (χ2v) is 7.84. The molecule has 0 bridgehead atoms. The lowest BCUT2D eigenvalue weighted by atomic mass is 10.1. The highest BCUT2D eigenvalue weighted by molar-refractivity contribution is 5.93. The molecule has 1 aliphatic carbocycles. The Kier molecular flexibility index (Phi) is 5.44. The Hall–Kier alpha value is -2.62. The zero-order chi connectivity index (χ0) is 21.6. The number of carbonyl (C=O) groups is 1. The number of carboxylic acid groups (broad SMARTS) is 1. The fourth-order valence-electron chi connectivity index (χ4n) is 4.00. The zero-order valence-corrected chi connectivity index (χ0v) is 16.0. The van der Waals surface area contributed by atoms with Crippen LogP contribution >= 0.6 is 0 Å². The summed E-state index contributed by atoms with van der Waals surface area (Å²) >= 11 is 0. The van der Waals surface area contributed by atoms with Crippen molar-refractivity contribution in [3.63, 3.8) is 0 Å². The van der Waals surface area contributed by atoms with Crippen molar-refractivity contribution in [1.82, 2.24) is 9.88 Å². The number of hydrogen-bond acceptors (Lipinski definition) is 4. The lowest BCUT2D eigenvalue weighted by Crippen LogP contribution is -2.30. The Morgan fingerprint density at radius 3 is 2.63 bits per heavy atom. The van der Waals surface area contributed by atoms with Gasteiger partial charge in [0, 0.05) is 37.8 Å². The minimum Gasteiger partial charge on any atom is -0.477 e. The van der Waals surface area contributed by atoms with Crippen molar-refractivity contribution in [2.75, 3.05) is 31.2 Å². The van der Waals surface area contributed by atoms with E-state index >= 15 is 4.39 Å². The molecule has 2 aromatic rings. The molecule has 0 spiro atoms. The maximum atomic E-state index is 15.4. The Morgan fingerprint density at radius 1 is 1.27 bits per heavy atom. The average molecular weight is 427 g/mol. The summed E-state index contributed by atoms with van der Waals surface area (Å²) in [6.07, 6.45) is 1.63. The number of nitrogens with zero attached hydrogens (tertiary/aromatic N) is 2. The minimum atomic E-state index is -1.58. The van der Waals surface area contributed by atoms with Crippen molar-refractivity contribution in [3.05, 3.63) is 39.7 Å². The van der Waals surface area contributed by atoms with Crippen LogP contribution in [-0.4, -0.2) is 54.2 Å². The van der Waals surface area contributed by atoms with Crippen LogP contribution in [-0.2, 0) is 6.54 Å². The lowest BCUT2D eigenvalue weighted by Gasteiger charge is -2.22. The van der Waals surface area contributed by atoms with E-state index in [2.05, 4.69) is 5.32 Å². The number of carboxylic acids is 1. The van der Waals surface area contributed by atoms with E-state index in [1.54, 1.807) is 0 Å². The van der Waals surface area contributed by atoms with Gasteiger partial charge in [-0.15, -0.1) is 0 Å². The molecule has 4 rings (SSSR count). The van der Waals surface area contributed by atoms with Crippen LogP contribution in [0, 0.1) is 17.6 Å². The standard InChI is InChI=1S/C20H21F4N3O3/c21-3-4-26-8-13(20(29)30)19(28)12-5-14(22)18(16(24)17(12)26)27-7-10(15(23)9-27)6-25-11-1-2-11/h5,8,10-11,15,25H,1-4,6-7,9H2,(H,29,30). The molecule has 162 valence electrons. The van der Waals surface area contributed by atoms with Gasteiger partial charge >= 0.3 is 5.97 Å². The van der Waals surface area contributed by atoms with E-state index < -0.39 is 70.5 Å². The topological polar surface area (TPSA) is 74.6 Å². The summed E-state index contributed by atoms with van der Waals surface area (Å²) in [5.74, 6) is -4.24. The van der Waals surface area contributed by atoms with Gasteiger partial charge < -0.3 is 19.9 Å². The van der Waals surface area contributed by atoms with E-state index in [9.17, 15) is 27.9 Å². The number of anilines is 1. The number of alkyl halides is 2. The van der Waals surface area contributed by atoms with Gasteiger partial charge in [-0.25, -0.2) is 22.4 Å². The van der Waals surface area contributed by atoms with Gasteiger partial charge in [-0.1, -0.05) is 0 Å². The zero-order valence-electron chi connectivity index (χ0n) is 16.0. The highest BCUT2D eigenvalue weighted by Crippen LogP contribution is 2.34. The normalized spacial score (nSPS) is 21.5. The highest BCUT2D eigenvalue weighted by atomic mass is 19.1. The smallest absolute Gasteiger partial charge is 0.341 e. The molecular formula is C20H21F4N3O3. The van der Waals surface area contributed by atoms with Crippen molar-refractivity contribution in [2.24, 2.45) is 5.92 Å². The maximum Gasteiger partial charge on any atom is 0.341 e. The molecule has 1 aliphatic heterocycles. The molecule has 0 radical (unpaired) electrons. The molecule has 2 unspecified atom stereocenters. The predicted octanol–water partition coefficient (Wildman–Crippen LogP) is 2.47. The van der Waals surface area contributed by atoms with Gasteiger partial charge in [0.1, 0.15) is 29.9 Å². The number of rotatable bonds is 7. The predicted molar refractivity (Wildman–Crippen MR) is 103 cm³/mol. The third kappa shape index (κ3) is 3.64. The van der Waals surface area contributed by atoms with E-state index in [0.717, 1.165) is 29.7 Å². The van der Waals surface area contributed by atoms with Gasteiger partial charge in [0.15, 0.2) is 5.82 Å². The van der Waals surface area contributed by atoms with Gasteiger partial charge in [-0.3, -0.25) is 4.79 Å². The Morgan fingerprint density at radius 2 is 2.00 bits per heavy atom. The van der Waals surface area contributed by atoms with Gasteiger partial charge in [0.05, 0.1) is 17.4 Å². The molecule has 2 atom stereocenters. The summed E-state index contributed by atoms with van der Waals surface area (Å²) in [5.41, 5.74) is -2.66. The summed E-state index contributed by atoms with van der Waals surface area (Å²) in [7, 11) is 0. The first kappa shape index (κ1) is 20.6. The summed E-state index contributed by atoms with van der Waals surface area (Å²) in [4.78, 5) is 25.0. The van der Waals surface area contributed by atoms with E-state index in [1.807, 2.05) is 0 Å². The molecule has 2 heterocycles. The van der Waals surface area contributed by atoms with Crippen LogP contribution in [0.25, 0.3) is 10.9 Å². The van der Waals surface area contributed by atoms with Gasteiger partial charge in [0.2, 0.25) is 5.43 Å². The molecule has 1 aromatic carbocycles. The second kappa shape index (κ2) is 7.90. The SMILES string of the molecule is O=C(O)c1cn(CCF)c2c(F)c(N3CC(F)C(CNC4CC4)C3)c(F)cc2c1=O. The van der Waals surface area contributed by atoms with E-state index in [-0.39, 0.29) is 13.1 Å².